The third-order valence-electron chi connectivity index (χ3n) is 2.91. The van der Waals surface area contributed by atoms with Crippen molar-refractivity contribution in [2.24, 2.45) is 0 Å². The summed E-state index contributed by atoms with van der Waals surface area (Å²) >= 11 is 2.23. The molecule has 0 aromatic heterocycles. The van der Waals surface area contributed by atoms with Gasteiger partial charge in [0.2, 0.25) is 5.91 Å². The van der Waals surface area contributed by atoms with Crippen molar-refractivity contribution in [3.63, 3.8) is 0 Å². The molecule has 0 saturated carbocycles. The molecular formula is C18H18INO2. The van der Waals surface area contributed by atoms with E-state index in [0.717, 1.165) is 27.0 Å². The molecule has 1 N–H and O–H groups in total. The third-order valence-corrected chi connectivity index (χ3v) is 3.63. The maximum Gasteiger partial charge on any atom is 0.248 e. The van der Waals surface area contributed by atoms with Crippen molar-refractivity contribution in [3.8, 4) is 5.75 Å². The number of hydrogen-bond donors (Lipinski definition) is 1. The van der Waals surface area contributed by atoms with Gasteiger partial charge in [0.15, 0.2) is 0 Å². The van der Waals surface area contributed by atoms with Gasteiger partial charge in [0, 0.05) is 20.9 Å². The van der Waals surface area contributed by atoms with Gasteiger partial charge in [-0.15, -0.1) is 0 Å². The number of carbonyl (C=O) groups is 1. The highest BCUT2D eigenvalue weighted by Crippen LogP contribution is 2.19. The van der Waals surface area contributed by atoms with Gasteiger partial charge < -0.3 is 10.1 Å². The van der Waals surface area contributed by atoms with Crippen LogP contribution in [0.5, 0.6) is 5.75 Å². The van der Waals surface area contributed by atoms with E-state index in [1.807, 2.05) is 48.5 Å². The molecule has 0 saturated heterocycles. The lowest BCUT2D eigenvalue weighted by molar-refractivity contribution is -0.111. The van der Waals surface area contributed by atoms with Crippen molar-refractivity contribution in [3.05, 3.63) is 63.7 Å². The third kappa shape index (κ3) is 5.18. The van der Waals surface area contributed by atoms with Crippen molar-refractivity contribution >= 4 is 40.3 Å². The van der Waals surface area contributed by atoms with Crippen LogP contribution in [0.1, 0.15) is 18.9 Å². The zero-order valence-electron chi connectivity index (χ0n) is 12.4. The van der Waals surface area contributed by atoms with E-state index >= 15 is 0 Å². The summed E-state index contributed by atoms with van der Waals surface area (Å²) in [5.74, 6) is 0.633. The number of benzene rings is 2. The molecule has 2 aromatic rings. The number of ether oxygens (including phenoxy) is 1. The molecule has 4 heteroatoms. The Morgan fingerprint density at radius 2 is 1.91 bits per heavy atom. The standard InChI is InChI=1S/C18H18INO2/c1-2-13-22-17-6-4-3-5-14(17)7-12-18(21)20-16-10-8-15(19)9-11-16/h3-12H,2,13H2,1H3,(H,20,21). The second-order valence-corrected chi connectivity index (χ2v) is 5.96. The van der Waals surface area contributed by atoms with Crippen LogP contribution >= 0.6 is 22.6 Å². The van der Waals surface area contributed by atoms with Crippen LogP contribution in [0.4, 0.5) is 5.69 Å². The zero-order chi connectivity index (χ0) is 15.8. The first-order chi connectivity index (χ1) is 10.7. The van der Waals surface area contributed by atoms with Gasteiger partial charge in [-0.2, -0.15) is 0 Å². The van der Waals surface area contributed by atoms with Crippen LogP contribution in [-0.4, -0.2) is 12.5 Å². The van der Waals surface area contributed by atoms with Gasteiger partial charge in [0.05, 0.1) is 6.61 Å². The fourth-order valence-electron chi connectivity index (χ4n) is 1.84. The molecule has 0 radical (unpaired) electrons. The fraction of sp³-hybridized carbons (Fsp3) is 0.167. The van der Waals surface area contributed by atoms with Gasteiger partial charge in [0.1, 0.15) is 5.75 Å². The molecule has 0 spiro atoms. The van der Waals surface area contributed by atoms with Gasteiger partial charge in [-0.3, -0.25) is 4.79 Å². The number of carbonyl (C=O) groups excluding carboxylic acids is 1. The molecule has 0 aliphatic carbocycles. The summed E-state index contributed by atoms with van der Waals surface area (Å²) in [5.41, 5.74) is 1.68. The van der Waals surface area contributed by atoms with Crippen LogP contribution in [0, 0.1) is 3.57 Å². The molecule has 2 rings (SSSR count). The Bertz CT molecular complexity index is 650. The molecule has 1 amide bonds. The molecule has 3 nitrogen and oxygen atoms in total. The molecule has 2 aromatic carbocycles. The van der Waals surface area contributed by atoms with Crippen LogP contribution < -0.4 is 10.1 Å². The summed E-state index contributed by atoms with van der Waals surface area (Å²) in [5, 5.41) is 2.83. The number of para-hydroxylation sites is 1. The normalized spacial score (nSPS) is 10.6. The quantitative estimate of drug-likeness (QED) is 0.556. The first kappa shape index (κ1) is 16.5. The smallest absolute Gasteiger partial charge is 0.248 e. The Hall–Kier alpha value is -1.82. The number of hydrogen-bond acceptors (Lipinski definition) is 2. The number of halogens is 1. The maximum absolute atomic E-state index is 12.0. The molecule has 0 aliphatic rings. The van der Waals surface area contributed by atoms with Crippen LogP contribution in [0.25, 0.3) is 6.08 Å². The molecule has 0 heterocycles. The van der Waals surface area contributed by atoms with E-state index in [4.69, 9.17) is 4.74 Å². The topological polar surface area (TPSA) is 38.3 Å². The van der Waals surface area contributed by atoms with Crippen molar-refractivity contribution in [2.75, 3.05) is 11.9 Å². The summed E-state index contributed by atoms with van der Waals surface area (Å²) < 4.78 is 6.80. The maximum atomic E-state index is 12.0. The van der Waals surface area contributed by atoms with Crippen molar-refractivity contribution in [1.29, 1.82) is 0 Å². The largest absolute Gasteiger partial charge is 0.493 e. The summed E-state index contributed by atoms with van der Waals surface area (Å²) in [6, 6.07) is 15.4. The fourth-order valence-corrected chi connectivity index (χ4v) is 2.20. The van der Waals surface area contributed by atoms with Crippen molar-refractivity contribution in [1.82, 2.24) is 0 Å². The van der Waals surface area contributed by atoms with Crippen LogP contribution in [0.3, 0.4) is 0 Å². The second kappa shape index (κ2) is 8.58. The molecular weight excluding hydrogens is 389 g/mol. The minimum atomic E-state index is -0.161. The average Bonchev–Trinajstić information content (AvgIpc) is 2.54. The van der Waals surface area contributed by atoms with Gasteiger partial charge in [-0.25, -0.2) is 0 Å². The Morgan fingerprint density at radius 3 is 2.64 bits per heavy atom. The highest BCUT2D eigenvalue weighted by molar-refractivity contribution is 14.1. The molecule has 22 heavy (non-hydrogen) atoms. The predicted octanol–water partition coefficient (Wildman–Crippen LogP) is 4.73. The Kier molecular flexibility index (Phi) is 6.45. The lowest BCUT2D eigenvalue weighted by Crippen LogP contribution is -2.07. The zero-order valence-corrected chi connectivity index (χ0v) is 14.5. The lowest BCUT2D eigenvalue weighted by Gasteiger charge is -2.07. The van der Waals surface area contributed by atoms with E-state index in [0.29, 0.717) is 6.61 Å². The van der Waals surface area contributed by atoms with Crippen molar-refractivity contribution in [2.45, 2.75) is 13.3 Å². The number of amides is 1. The Labute approximate surface area is 144 Å². The molecule has 0 atom stereocenters. The summed E-state index contributed by atoms with van der Waals surface area (Å²) in [4.78, 5) is 12.0. The monoisotopic (exact) mass is 407 g/mol. The van der Waals surface area contributed by atoms with Crippen LogP contribution in [0.2, 0.25) is 0 Å². The second-order valence-electron chi connectivity index (χ2n) is 4.72. The van der Waals surface area contributed by atoms with Crippen LogP contribution in [-0.2, 0) is 4.79 Å². The highest BCUT2D eigenvalue weighted by Gasteiger charge is 2.01. The van der Waals surface area contributed by atoms with E-state index in [1.54, 1.807) is 6.08 Å². The molecule has 114 valence electrons. The summed E-state index contributed by atoms with van der Waals surface area (Å²) in [6.07, 6.45) is 4.24. The van der Waals surface area contributed by atoms with E-state index < -0.39 is 0 Å². The van der Waals surface area contributed by atoms with E-state index in [-0.39, 0.29) is 5.91 Å². The van der Waals surface area contributed by atoms with E-state index in [1.165, 1.54) is 6.08 Å². The molecule has 0 fully saturated rings. The summed E-state index contributed by atoms with van der Waals surface area (Å²) in [6.45, 7) is 2.73. The SMILES string of the molecule is CCCOc1ccccc1C=CC(=O)Nc1ccc(I)cc1. The number of anilines is 1. The average molecular weight is 407 g/mol. The lowest BCUT2D eigenvalue weighted by atomic mass is 10.2. The molecule has 0 unspecified atom stereocenters. The Balaban J connectivity index is 2.01. The van der Waals surface area contributed by atoms with Gasteiger partial charge in [0.25, 0.3) is 0 Å². The number of rotatable bonds is 6. The van der Waals surface area contributed by atoms with Crippen molar-refractivity contribution < 1.29 is 9.53 Å². The predicted molar refractivity (Wildman–Crippen MR) is 99.1 cm³/mol. The summed E-state index contributed by atoms with van der Waals surface area (Å²) in [7, 11) is 0. The van der Waals surface area contributed by atoms with Gasteiger partial charge in [-0.05, 0) is 65.4 Å². The molecule has 0 aliphatic heterocycles. The highest BCUT2D eigenvalue weighted by atomic mass is 127. The van der Waals surface area contributed by atoms with Gasteiger partial charge in [-0.1, -0.05) is 25.1 Å². The van der Waals surface area contributed by atoms with Gasteiger partial charge >= 0.3 is 0 Å². The molecule has 0 bridgehead atoms. The minimum Gasteiger partial charge on any atom is -0.493 e. The van der Waals surface area contributed by atoms with E-state index in [2.05, 4.69) is 34.8 Å². The first-order valence-electron chi connectivity index (χ1n) is 7.15. The number of nitrogens with one attached hydrogen (secondary N) is 1. The van der Waals surface area contributed by atoms with E-state index in [9.17, 15) is 4.79 Å². The Morgan fingerprint density at radius 1 is 1.18 bits per heavy atom. The minimum absolute atomic E-state index is 0.161. The first-order valence-corrected chi connectivity index (χ1v) is 8.23. The van der Waals surface area contributed by atoms with Crippen LogP contribution in [0.15, 0.2) is 54.6 Å².